The number of para-hydroxylation sites is 1. The molecule has 0 saturated carbocycles. The molecule has 0 saturated heterocycles. The maximum Gasteiger partial charge on any atom is 0.111 e. The van der Waals surface area contributed by atoms with Crippen LogP contribution in [0.15, 0.2) is 18.2 Å². The van der Waals surface area contributed by atoms with Crippen molar-refractivity contribution in [3.8, 4) is 0 Å². The monoisotopic (exact) mass is 278 g/mol. The third-order valence-corrected chi connectivity index (χ3v) is 3.65. The van der Waals surface area contributed by atoms with Crippen LogP contribution in [0.1, 0.15) is 38.6 Å². The number of aryl methyl sites for hydroxylation is 3. The molecule has 0 N–H and O–H groups in total. The highest BCUT2D eigenvalue weighted by molar-refractivity contribution is 6.17. The van der Waals surface area contributed by atoms with Crippen molar-refractivity contribution in [2.24, 2.45) is 5.41 Å². The van der Waals surface area contributed by atoms with E-state index in [-0.39, 0.29) is 0 Å². The summed E-state index contributed by atoms with van der Waals surface area (Å²) in [5.41, 5.74) is 3.93. The van der Waals surface area contributed by atoms with Crippen LogP contribution in [0.25, 0.3) is 11.0 Å². The quantitative estimate of drug-likeness (QED) is 0.750. The Morgan fingerprint density at radius 1 is 1.26 bits per heavy atom. The maximum absolute atomic E-state index is 5.91. The largest absolute Gasteiger partial charge is 0.328 e. The lowest BCUT2D eigenvalue weighted by Crippen LogP contribution is -2.12. The Bertz CT molecular complexity index is 564. The Balaban J connectivity index is 2.43. The molecule has 0 aliphatic carbocycles. The Hall–Kier alpha value is -1.02. The van der Waals surface area contributed by atoms with E-state index in [4.69, 9.17) is 16.6 Å². The summed E-state index contributed by atoms with van der Waals surface area (Å²) in [6, 6.07) is 6.39. The van der Waals surface area contributed by atoms with Crippen molar-refractivity contribution >= 4 is 22.6 Å². The molecule has 104 valence electrons. The van der Waals surface area contributed by atoms with Gasteiger partial charge in [-0.25, -0.2) is 4.98 Å². The smallest absolute Gasteiger partial charge is 0.111 e. The molecular formula is C16H23ClN2. The Morgan fingerprint density at radius 3 is 2.63 bits per heavy atom. The Kier molecular flexibility index (Phi) is 4.19. The lowest BCUT2D eigenvalue weighted by molar-refractivity contribution is 0.350. The second-order valence-corrected chi connectivity index (χ2v) is 6.75. The number of benzene rings is 1. The maximum atomic E-state index is 5.91. The van der Waals surface area contributed by atoms with Gasteiger partial charge in [-0.3, -0.25) is 0 Å². The fourth-order valence-electron chi connectivity index (χ4n) is 2.31. The third kappa shape index (κ3) is 3.30. The molecule has 1 heterocycles. The summed E-state index contributed by atoms with van der Waals surface area (Å²) in [4.78, 5) is 4.78. The molecule has 1 aromatic carbocycles. The van der Waals surface area contributed by atoms with E-state index >= 15 is 0 Å². The zero-order valence-corrected chi connectivity index (χ0v) is 13.1. The number of imidazole rings is 1. The summed E-state index contributed by atoms with van der Waals surface area (Å²) in [6.45, 7) is 9.96. The van der Waals surface area contributed by atoms with Gasteiger partial charge in [-0.1, -0.05) is 32.9 Å². The van der Waals surface area contributed by atoms with Gasteiger partial charge in [0.2, 0.25) is 0 Å². The fourth-order valence-corrected chi connectivity index (χ4v) is 2.48. The molecule has 2 nitrogen and oxygen atoms in total. The summed E-state index contributed by atoms with van der Waals surface area (Å²) < 4.78 is 2.34. The summed E-state index contributed by atoms with van der Waals surface area (Å²) in [6.07, 6.45) is 1.97. The summed E-state index contributed by atoms with van der Waals surface area (Å²) in [5, 5.41) is 0. The van der Waals surface area contributed by atoms with Gasteiger partial charge in [0.15, 0.2) is 0 Å². The first kappa shape index (κ1) is 14.4. The number of alkyl halides is 1. The van der Waals surface area contributed by atoms with Crippen molar-refractivity contribution < 1.29 is 0 Å². The predicted octanol–water partition coefficient (Wildman–Crippen LogP) is 4.56. The van der Waals surface area contributed by atoms with Crippen molar-refractivity contribution in [1.82, 2.24) is 9.55 Å². The highest BCUT2D eigenvalue weighted by atomic mass is 35.5. The van der Waals surface area contributed by atoms with Gasteiger partial charge in [0.05, 0.1) is 11.0 Å². The second-order valence-electron chi connectivity index (χ2n) is 6.37. The normalized spacial score (nSPS) is 12.3. The average molecular weight is 279 g/mol. The van der Waals surface area contributed by atoms with Gasteiger partial charge in [-0.2, -0.15) is 0 Å². The summed E-state index contributed by atoms with van der Waals surface area (Å²) >= 11 is 5.91. The molecule has 0 atom stereocenters. The highest BCUT2D eigenvalue weighted by Crippen LogP contribution is 2.24. The number of rotatable bonds is 4. The SMILES string of the molecule is Cc1cccc2c1nc(CCCl)n2CCC(C)(C)C. The first-order valence-corrected chi connectivity index (χ1v) is 7.46. The van der Waals surface area contributed by atoms with Crippen LogP contribution in [-0.2, 0) is 13.0 Å². The van der Waals surface area contributed by atoms with Crippen LogP contribution >= 0.6 is 11.6 Å². The molecule has 0 aliphatic heterocycles. The van der Waals surface area contributed by atoms with E-state index in [0.29, 0.717) is 11.3 Å². The minimum Gasteiger partial charge on any atom is -0.328 e. The molecule has 0 radical (unpaired) electrons. The van der Waals surface area contributed by atoms with Crippen molar-refractivity contribution in [3.05, 3.63) is 29.6 Å². The molecule has 0 amide bonds. The first-order valence-electron chi connectivity index (χ1n) is 6.93. The van der Waals surface area contributed by atoms with Gasteiger partial charge in [0.1, 0.15) is 5.82 Å². The molecule has 2 rings (SSSR count). The lowest BCUT2D eigenvalue weighted by Gasteiger charge is -2.19. The van der Waals surface area contributed by atoms with Crippen LogP contribution in [0.3, 0.4) is 0 Å². The van der Waals surface area contributed by atoms with Gasteiger partial charge in [0, 0.05) is 18.8 Å². The van der Waals surface area contributed by atoms with Crippen LogP contribution in [0.5, 0.6) is 0 Å². The minimum atomic E-state index is 0.332. The average Bonchev–Trinajstić information content (AvgIpc) is 2.66. The highest BCUT2D eigenvalue weighted by Gasteiger charge is 2.15. The van der Waals surface area contributed by atoms with Crippen LogP contribution in [-0.4, -0.2) is 15.4 Å². The molecule has 3 heteroatoms. The molecule has 0 unspecified atom stereocenters. The molecule has 1 aromatic heterocycles. The standard InChI is InChI=1S/C16H23ClN2/c1-12-6-5-7-13-15(12)18-14(8-10-17)19(13)11-9-16(2,3)4/h5-7H,8-11H2,1-4H3. The van der Waals surface area contributed by atoms with Crippen molar-refractivity contribution in [3.63, 3.8) is 0 Å². The lowest BCUT2D eigenvalue weighted by atomic mass is 9.92. The number of hydrogen-bond acceptors (Lipinski definition) is 1. The van der Waals surface area contributed by atoms with Gasteiger partial charge < -0.3 is 4.57 Å². The second kappa shape index (κ2) is 5.54. The Morgan fingerprint density at radius 2 is 2.00 bits per heavy atom. The van der Waals surface area contributed by atoms with Gasteiger partial charge in [0.25, 0.3) is 0 Å². The van der Waals surface area contributed by atoms with Gasteiger partial charge >= 0.3 is 0 Å². The molecule has 2 aromatic rings. The third-order valence-electron chi connectivity index (χ3n) is 3.46. The number of aromatic nitrogens is 2. The van der Waals surface area contributed by atoms with E-state index in [9.17, 15) is 0 Å². The van der Waals surface area contributed by atoms with Crippen LogP contribution in [0.2, 0.25) is 0 Å². The van der Waals surface area contributed by atoms with Crippen LogP contribution < -0.4 is 0 Å². The zero-order chi connectivity index (χ0) is 14.0. The molecule has 0 spiro atoms. The molecule has 0 aliphatic rings. The topological polar surface area (TPSA) is 17.8 Å². The van der Waals surface area contributed by atoms with E-state index in [2.05, 4.69) is 50.5 Å². The van der Waals surface area contributed by atoms with Crippen molar-refractivity contribution in [1.29, 1.82) is 0 Å². The van der Waals surface area contributed by atoms with Gasteiger partial charge in [-0.05, 0) is 30.4 Å². The van der Waals surface area contributed by atoms with E-state index in [0.717, 1.165) is 30.7 Å². The Labute approximate surface area is 120 Å². The first-order chi connectivity index (χ1) is 8.92. The van der Waals surface area contributed by atoms with Crippen LogP contribution in [0, 0.1) is 12.3 Å². The molecule has 19 heavy (non-hydrogen) atoms. The summed E-state index contributed by atoms with van der Waals surface area (Å²) in [5.74, 6) is 1.74. The van der Waals surface area contributed by atoms with Crippen LogP contribution in [0.4, 0.5) is 0 Å². The summed E-state index contributed by atoms with van der Waals surface area (Å²) in [7, 11) is 0. The number of halogens is 1. The number of fused-ring (bicyclic) bond motifs is 1. The molecule has 0 fully saturated rings. The minimum absolute atomic E-state index is 0.332. The van der Waals surface area contributed by atoms with Crippen molar-refractivity contribution in [2.75, 3.05) is 5.88 Å². The van der Waals surface area contributed by atoms with E-state index in [1.54, 1.807) is 0 Å². The fraction of sp³-hybridized carbons (Fsp3) is 0.562. The number of hydrogen-bond donors (Lipinski definition) is 0. The number of nitrogens with zero attached hydrogens (tertiary/aromatic N) is 2. The van der Waals surface area contributed by atoms with E-state index in [1.165, 1.54) is 11.1 Å². The van der Waals surface area contributed by atoms with E-state index in [1.807, 2.05) is 0 Å². The van der Waals surface area contributed by atoms with Crippen molar-refractivity contribution in [2.45, 2.75) is 47.1 Å². The zero-order valence-electron chi connectivity index (χ0n) is 12.3. The van der Waals surface area contributed by atoms with Gasteiger partial charge in [-0.15, -0.1) is 11.6 Å². The predicted molar refractivity (Wildman–Crippen MR) is 83.0 cm³/mol. The van der Waals surface area contributed by atoms with E-state index < -0.39 is 0 Å². The molecule has 0 bridgehead atoms. The molecular weight excluding hydrogens is 256 g/mol.